The molecule has 0 bridgehead atoms. The van der Waals surface area contributed by atoms with Gasteiger partial charge in [0, 0.05) is 12.8 Å². The Balaban J connectivity index is 2.19. The third kappa shape index (κ3) is 38.6. The van der Waals surface area contributed by atoms with Crippen molar-refractivity contribution in [3.8, 4) is 0 Å². The second kappa shape index (κ2) is 47.8. The van der Waals surface area contributed by atoms with Gasteiger partial charge in [-0.3, -0.25) is 9.59 Å². The molecule has 1 fully saturated rings. The second-order valence-electron chi connectivity index (χ2n) is 19.7. The molecule has 1 aliphatic heterocycles. The summed E-state index contributed by atoms with van der Waals surface area (Å²) in [5, 5.41) is 40.3. The number of aliphatic hydroxyl groups is 4. The molecule has 0 saturated carbocycles. The summed E-state index contributed by atoms with van der Waals surface area (Å²) in [5.74, 6) is -0.795. The molecule has 6 atom stereocenters. The first-order valence-electron chi connectivity index (χ1n) is 28.4. The normalized spacial score (nSPS) is 19.2. The highest BCUT2D eigenvalue weighted by atomic mass is 16.7. The predicted octanol–water partition coefficient (Wildman–Crippen LogP) is 14.0. The Labute approximate surface area is 411 Å². The molecular formula is C57H106O10. The number of rotatable bonds is 49. The molecule has 67 heavy (non-hydrogen) atoms. The van der Waals surface area contributed by atoms with E-state index in [1.165, 1.54) is 186 Å². The number of esters is 2. The fourth-order valence-corrected chi connectivity index (χ4v) is 8.87. The van der Waals surface area contributed by atoms with E-state index in [4.69, 9.17) is 18.9 Å². The van der Waals surface area contributed by atoms with Crippen LogP contribution in [0.4, 0.5) is 0 Å². The van der Waals surface area contributed by atoms with E-state index in [1.807, 2.05) is 0 Å². The maximum absolute atomic E-state index is 12.9. The van der Waals surface area contributed by atoms with Gasteiger partial charge < -0.3 is 39.4 Å². The van der Waals surface area contributed by atoms with Crippen LogP contribution in [-0.2, 0) is 28.5 Å². The van der Waals surface area contributed by atoms with Gasteiger partial charge in [0.1, 0.15) is 31.0 Å². The number of ether oxygens (including phenoxy) is 4. The van der Waals surface area contributed by atoms with Crippen LogP contribution >= 0.6 is 0 Å². The van der Waals surface area contributed by atoms with E-state index in [1.54, 1.807) is 0 Å². The summed E-state index contributed by atoms with van der Waals surface area (Å²) in [6, 6.07) is 0. The molecule has 4 N–H and O–H groups in total. The van der Waals surface area contributed by atoms with Gasteiger partial charge >= 0.3 is 11.9 Å². The van der Waals surface area contributed by atoms with E-state index >= 15 is 0 Å². The van der Waals surface area contributed by atoms with Crippen LogP contribution < -0.4 is 0 Å². The second-order valence-corrected chi connectivity index (χ2v) is 19.7. The number of hydrogen-bond donors (Lipinski definition) is 4. The molecule has 0 aromatic rings. The Morgan fingerprint density at radius 3 is 1.27 bits per heavy atom. The zero-order valence-electron chi connectivity index (χ0n) is 43.4. The van der Waals surface area contributed by atoms with Gasteiger partial charge in [-0.2, -0.15) is 0 Å². The smallest absolute Gasteiger partial charge is 0.306 e. The van der Waals surface area contributed by atoms with E-state index in [0.29, 0.717) is 6.42 Å². The van der Waals surface area contributed by atoms with E-state index in [2.05, 4.69) is 38.2 Å². The summed E-state index contributed by atoms with van der Waals surface area (Å²) in [6.07, 6.45) is 49.1. The van der Waals surface area contributed by atoms with E-state index < -0.39 is 49.4 Å². The highest BCUT2D eigenvalue weighted by molar-refractivity contribution is 5.70. The zero-order valence-corrected chi connectivity index (χ0v) is 43.4. The summed E-state index contributed by atoms with van der Waals surface area (Å²) in [5.41, 5.74) is 0. The maximum atomic E-state index is 12.9. The van der Waals surface area contributed by atoms with Crippen molar-refractivity contribution in [1.82, 2.24) is 0 Å². The van der Waals surface area contributed by atoms with Crippen LogP contribution in [0.5, 0.6) is 0 Å². The largest absolute Gasteiger partial charge is 0.462 e. The number of carbonyl (C=O) groups excluding carboxylic acids is 2. The van der Waals surface area contributed by atoms with Crippen molar-refractivity contribution >= 4 is 11.9 Å². The fraction of sp³-hybridized carbons (Fsp3) is 0.895. The van der Waals surface area contributed by atoms with Gasteiger partial charge in [-0.25, -0.2) is 0 Å². The molecule has 394 valence electrons. The Morgan fingerprint density at radius 2 is 0.836 bits per heavy atom. The minimum absolute atomic E-state index is 0.214. The van der Waals surface area contributed by atoms with E-state index in [-0.39, 0.29) is 32.0 Å². The van der Waals surface area contributed by atoms with Crippen LogP contribution in [0.1, 0.15) is 271 Å². The number of hydrogen-bond acceptors (Lipinski definition) is 10. The first-order valence-corrected chi connectivity index (χ1v) is 28.4. The van der Waals surface area contributed by atoms with Gasteiger partial charge in [0.05, 0.1) is 13.2 Å². The van der Waals surface area contributed by atoms with Gasteiger partial charge in [0.2, 0.25) is 0 Å². The molecule has 1 rings (SSSR count). The lowest BCUT2D eigenvalue weighted by Crippen LogP contribution is -2.59. The first kappa shape index (κ1) is 63.2. The molecule has 1 aliphatic rings. The average molecular weight is 951 g/mol. The van der Waals surface area contributed by atoms with Crippen LogP contribution in [0.15, 0.2) is 24.3 Å². The molecule has 6 unspecified atom stereocenters. The lowest BCUT2D eigenvalue weighted by molar-refractivity contribution is -0.305. The number of aliphatic hydroxyl groups excluding tert-OH is 4. The number of allylic oxidation sites excluding steroid dienone is 4. The minimum Gasteiger partial charge on any atom is -0.462 e. The van der Waals surface area contributed by atoms with Crippen LogP contribution in [0.2, 0.25) is 0 Å². The maximum Gasteiger partial charge on any atom is 0.306 e. The summed E-state index contributed by atoms with van der Waals surface area (Å²) >= 11 is 0. The Morgan fingerprint density at radius 1 is 0.463 bits per heavy atom. The van der Waals surface area contributed by atoms with Crippen molar-refractivity contribution in [1.29, 1.82) is 0 Å². The SMILES string of the molecule is CCCCC/C=C\C/C=C\CCCCCCCCCCCC(=O)OC(COC(=O)CCCCCCCCCCCCCCCCCCCCCCCCC)COC1OC(CO)C(O)C(O)C1O. The molecule has 1 heterocycles. The molecule has 0 aromatic carbocycles. The van der Waals surface area contributed by atoms with Crippen LogP contribution in [0, 0.1) is 0 Å². The summed E-state index contributed by atoms with van der Waals surface area (Å²) < 4.78 is 22.3. The number of unbranched alkanes of at least 4 members (excludes halogenated alkanes) is 34. The summed E-state index contributed by atoms with van der Waals surface area (Å²) in [7, 11) is 0. The third-order valence-electron chi connectivity index (χ3n) is 13.3. The molecule has 1 saturated heterocycles. The standard InChI is InChI=1S/C57H106O10/c1-3-5-7-9-11-13-15-17-19-21-23-24-25-26-28-29-31-33-35-37-39-41-43-45-52(59)64-48-50(49-65-57-56(63)55(62)54(61)51(47-58)67-57)66-53(60)46-44-42-40-38-36-34-32-30-27-22-20-18-16-14-12-10-8-6-4-2/h12,14,18,20,50-51,54-58,61-63H,3-11,13,15-17,19,21-49H2,1-2H3/b14-12-,20-18-. The van der Waals surface area contributed by atoms with Crippen molar-refractivity contribution in [3.63, 3.8) is 0 Å². The van der Waals surface area contributed by atoms with Crippen LogP contribution in [0.25, 0.3) is 0 Å². The molecule has 10 nitrogen and oxygen atoms in total. The summed E-state index contributed by atoms with van der Waals surface area (Å²) in [6.45, 7) is 3.45. The molecule has 0 amide bonds. The van der Waals surface area contributed by atoms with Crippen molar-refractivity contribution < 1.29 is 49.0 Å². The zero-order chi connectivity index (χ0) is 48.7. The quantitative estimate of drug-likeness (QED) is 0.0263. The first-order chi connectivity index (χ1) is 32.8. The van der Waals surface area contributed by atoms with Crippen molar-refractivity contribution in [2.75, 3.05) is 19.8 Å². The molecule has 0 spiro atoms. The predicted molar refractivity (Wildman–Crippen MR) is 275 cm³/mol. The monoisotopic (exact) mass is 951 g/mol. The van der Waals surface area contributed by atoms with Gasteiger partial charge in [-0.1, -0.05) is 237 Å². The average Bonchev–Trinajstić information content (AvgIpc) is 3.33. The highest BCUT2D eigenvalue weighted by Gasteiger charge is 2.44. The third-order valence-corrected chi connectivity index (χ3v) is 13.3. The molecule has 10 heteroatoms. The van der Waals surface area contributed by atoms with Gasteiger partial charge in [-0.05, 0) is 44.9 Å². The molecule has 0 aromatic heterocycles. The summed E-state index contributed by atoms with van der Waals surface area (Å²) in [4.78, 5) is 25.5. The molecule has 0 aliphatic carbocycles. The van der Waals surface area contributed by atoms with E-state index in [0.717, 1.165) is 51.4 Å². The van der Waals surface area contributed by atoms with Gasteiger partial charge in [-0.15, -0.1) is 0 Å². The lowest BCUT2D eigenvalue weighted by atomic mass is 9.99. The van der Waals surface area contributed by atoms with Crippen LogP contribution in [0.3, 0.4) is 0 Å². The Bertz CT molecular complexity index is 1140. The minimum atomic E-state index is -1.59. The van der Waals surface area contributed by atoms with Gasteiger partial charge in [0.15, 0.2) is 12.4 Å². The van der Waals surface area contributed by atoms with Crippen molar-refractivity contribution in [2.24, 2.45) is 0 Å². The Kier molecular flexibility index (Phi) is 45.1. The van der Waals surface area contributed by atoms with E-state index in [9.17, 15) is 30.0 Å². The lowest BCUT2D eigenvalue weighted by Gasteiger charge is -2.39. The molecule has 0 radical (unpaired) electrons. The van der Waals surface area contributed by atoms with Crippen molar-refractivity contribution in [2.45, 2.75) is 307 Å². The van der Waals surface area contributed by atoms with Crippen molar-refractivity contribution in [3.05, 3.63) is 24.3 Å². The molecular weight excluding hydrogens is 845 g/mol. The van der Waals surface area contributed by atoms with Gasteiger partial charge in [0.25, 0.3) is 0 Å². The highest BCUT2D eigenvalue weighted by Crippen LogP contribution is 2.23. The van der Waals surface area contributed by atoms with Crippen LogP contribution in [-0.4, -0.2) is 89.0 Å². The number of carbonyl (C=O) groups is 2. The Hall–Kier alpha value is -1.82. The fourth-order valence-electron chi connectivity index (χ4n) is 8.87. The topological polar surface area (TPSA) is 152 Å².